The van der Waals surface area contributed by atoms with Gasteiger partial charge in [-0.2, -0.15) is 0 Å². The fraction of sp³-hybridized carbons (Fsp3) is 0.500. The molecule has 2 aliphatic rings. The third-order valence-corrected chi connectivity index (χ3v) is 6.96. The topological polar surface area (TPSA) is 56.3 Å². The van der Waals surface area contributed by atoms with E-state index in [1.54, 1.807) is 7.11 Å². The van der Waals surface area contributed by atoms with Gasteiger partial charge in [-0.1, -0.05) is 19.1 Å². The van der Waals surface area contributed by atoms with Gasteiger partial charge in [0, 0.05) is 62.5 Å². The van der Waals surface area contributed by atoms with Gasteiger partial charge in [0.05, 0.1) is 7.11 Å². The molecular weight excluding hydrogens is 402 g/mol. The Morgan fingerprint density at radius 1 is 1.06 bits per heavy atom. The van der Waals surface area contributed by atoms with Crippen molar-refractivity contribution < 1.29 is 14.6 Å². The van der Waals surface area contributed by atoms with E-state index in [1.165, 1.54) is 11.3 Å². The highest BCUT2D eigenvalue weighted by molar-refractivity contribution is 5.97. The van der Waals surface area contributed by atoms with Crippen LogP contribution in [0.15, 0.2) is 42.5 Å². The summed E-state index contributed by atoms with van der Waals surface area (Å²) in [6, 6.07) is 14.3. The summed E-state index contributed by atoms with van der Waals surface area (Å²) in [5, 5.41) is 9.37. The lowest BCUT2D eigenvalue weighted by Crippen LogP contribution is -2.44. The van der Waals surface area contributed by atoms with Crippen LogP contribution in [-0.2, 0) is 11.2 Å². The van der Waals surface area contributed by atoms with E-state index < -0.39 is 0 Å². The summed E-state index contributed by atoms with van der Waals surface area (Å²) in [5.74, 6) is 1.12. The number of aliphatic hydroxyl groups excluding tert-OH is 1. The number of rotatable bonds is 7. The van der Waals surface area contributed by atoms with Gasteiger partial charge >= 0.3 is 0 Å². The maximum atomic E-state index is 13.3. The number of hydrogen-bond donors (Lipinski definition) is 1. The van der Waals surface area contributed by atoms with Crippen molar-refractivity contribution in [3.8, 4) is 5.75 Å². The number of likely N-dealkylation sites (N-methyl/N-ethyl adjacent to an activating group) is 1. The summed E-state index contributed by atoms with van der Waals surface area (Å²) in [6.07, 6.45) is 1.58. The molecule has 6 nitrogen and oxygen atoms in total. The van der Waals surface area contributed by atoms with E-state index in [-0.39, 0.29) is 24.3 Å². The summed E-state index contributed by atoms with van der Waals surface area (Å²) in [6.45, 7) is 6.96. The first-order chi connectivity index (χ1) is 15.5. The van der Waals surface area contributed by atoms with Crippen molar-refractivity contribution in [1.29, 1.82) is 0 Å². The number of aliphatic hydroxyl groups is 1. The van der Waals surface area contributed by atoms with Crippen LogP contribution in [0.1, 0.15) is 30.4 Å². The fourth-order valence-corrected chi connectivity index (χ4v) is 4.75. The molecule has 0 aromatic heterocycles. The molecule has 0 bridgehead atoms. The second-order valence-corrected chi connectivity index (χ2v) is 9.14. The Balaban J connectivity index is 1.50. The van der Waals surface area contributed by atoms with Gasteiger partial charge in [-0.05, 0) is 61.3 Å². The zero-order valence-electron chi connectivity index (χ0n) is 19.5. The minimum atomic E-state index is -0.0237. The largest absolute Gasteiger partial charge is 0.497 e. The second-order valence-electron chi connectivity index (χ2n) is 9.14. The number of nitrogens with zero attached hydrogens (tertiary/aromatic N) is 3. The van der Waals surface area contributed by atoms with Gasteiger partial charge in [0.1, 0.15) is 5.75 Å². The number of benzene rings is 2. The first-order valence-corrected chi connectivity index (χ1v) is 11.6. The van der Waals surface area contributed by atoms with Gasteiger partial charge in [0.15, 0.2) is 0 Å². The molecule has 2 unspecified atom stereocenters. The zero-order valence-corrected chi connectivity index (χ0v) is 19.5. The molecule has 6 heteroatoms. The normalized spacial score (nSPS) is 20.6. The Morgan fingerprint density at radius 2 is 1.78 bits per heavy atom. The maximum Gasteiger partial charge on any atom is 0.230 e. The average molecular weight is 438 g/mol. The molecule has 2 atom stereocenters. The average Bonchev–Trinajstić information content (AvgIpc) is 3.19. The van der Waals surface area contributed by atoms with Gasteiger partial charge in [0.25, 0.3) is 0 Å². The number of carbonyl (C=O) groups excluding carboxylic acids is 1. The Hall–Kier alpha value is -2.57. The fourth-order valence-electron chi connectivity index (χ4n) is 4.75. The summed E-state index contributed by atoms with van der Waals surface area (Å²) in [7, 11) is 3.85. The molecule has 0 aliphatic carbocycles. The van der Waals surface area contributed by atoms with E-state index in [2.05, 4.69) is 29.0 Å². The molecule has 2 heterocycles. The monoisotopic (exact) mass is 437 g/mol. The highest BCUT2D eigenvalue weighted by Crippen LogP contribution is 2.33. The lowest BCUT2D eigenvalue weighted by molar-refractivity contribution is -0.120. The molecule has 4 rings (SSSR count). The van der Waals surface area contributed by atoms with Crippen LogP contribution >= 0.6 is 0 Å². The van der Waals surface area contributed by atoms with Crippen molar-refractivity contribution >= 4 is 17.3 Å². The van der Waals surface area contributed by atoms with E-state index >= 15 is 0 Å². The first-order valence-electron chi connectivity index (χ1n) is 11.6. The molecule has 1 amide bonds. The van der Waals surface area contributed by atoms with Gasteiger partial charge in [-0.25, -0.2) is 0 Å². The van der Waals surface area contributed by atoms with Crippen LogP contribution in [0, 0.1) is 5.92 Å². The number of carbonyl (C=O) groups is 1. The molecule has 0 saturated carbocycles. The van der Waals surface area contributed by atoms with Crippen molar-refractivity contribution in [2.24, 2.45) is 5.92 Å². The van der Waals surface area contributed by atoms with Crippen LogP contribution in [0.4, 0.5) is 11.4 Å². The van der Waals surface area contributed by atoms with E-state index in [9.17, 15) is 9.90 Å². The molecule has 172 valence electrons. The predicted molar refractivity (Wildman–Crippen MR) is 129 cm³/mol. The third kappa shape index (κ3) is 4.76. The number of amides is 1. The highest BCUT2D eigenvalue weighted by atomic mass is 16.5. The van der Waals surface area contributed by atoms with Crippen LogP contribution < -0.4 is 14.5 Å². The predicted octanol–water partition coefficient (Wildman–Crippen LogP) is 3.14. The smallest absolute Gasteiger partial charge is 0.230 e. The van der Waals surface area contributed by atoms with Gasteiger partial charge < -0.3 is 24.5 Å². The highest BCUT2D eigenvalue weighted by Gasteiger charge is 2.33. The van der Waals surface area contributed by atoms with Crippen LogP contribution in [0.2, 0.25) is 0 Å². The quantitative estimate of drug-likeness (QED) is 0.721. The van der Waals surface area contributed by atoms with Crippen molar-refractivity contribution in [1.82, 2.24) is 4.90 Å². The van der Waals surface area contributed by atoms with Crippen LogP contribution in [0.25, 0.3) is 0 Å². The molecule has 2 fully saturated rings. The van der Waals surface area contributed by atoms with Crippen molar-refractivity contribution in [2.75, 3.05) is 63.3 Å². The van der Waals surface area contributed by atoms with Gasteiger partial charge in [-0.15, -0.1) is 0 Å². The van der Waals surface area contributed by atoms with E-state index in [0.717, 1.165) is 62.6 Å². The molecule has 2 aromatic carbocycles. The van der Waals surface area contributed by atoms with Gasteiger partial charge in [-0.3, -0.25) is 4.79 Å². The van der Waals surface area contributed by atoms with E-state index in [1.807, 2.05) is 42.2 Å². The van der Waals surface area contributed by atoms with Crippen LogP contribution in [0.3, 0.4) is 0 Å². The number of ether oxygens (including phenoxy) is 1. The molecule has 2 aliphatic heterocycles. The Kier molecular flexibility index (Phi) is 7.01. The Bertz CT molecular complexity index is 922. The maximum absolute atomic E-state index is 13.3. The zero-order chi connectivity index (χ0) is 22.7. The lowest BCUT2D eigenvalue weighted by atomic mass is 9.95. The molecule has 2 saturated heterocycles. The van der Waals surface area contributed by atoms with Gasteiger partial charge in [0.2, 0.25) is 5.91 Å². The summed E-state index contributed by atoms with van der Waals surface area (Å²) >= 11 is 0. The molecular formula is C26H35N3O3. The van der Waals surface area contributed by atoms with Crippen LogP contribution in [0.5, 0.6) is 5.75 Å². The number of hydrogen-bond acceptors (Lipinski definition) is 5. The molecule has 0 spiro atoms. The SMILES string of the molecule is COc1ccc(N2CCN(C)CC2)c(CC2CCN(c3ccc(C(C)CO)cc3)C2=O)c1. The first kappa shape index (κ1) is 22.6. The molecule has 2 aromatic rings. The minimum Gasteiger partial charge on any atom is -0.497 e. The summed E-state index contributed by atoms with van der Waals surface area (Å²) in [4.78, 5) is 20.0. The van der Waals surface area contributed by atoms with Crippen LogP contribution in [-0.4, -0.2) is 69.4 Å². The molecule has 0 radical (unpaired) electrons. The Morgan fingerprint density at radius 3 is 2.44 bits per heavy atom. The van der Waals surface area contributed by atoms with E-state index in [4.69, 9.17) is 4.74 Å². The van der Waals surface area contributed by atoms with E-state index in [0.29, 0.717) is 0 Å². The lowest BCUT2D eigenvalue weighted by Gasteiger charge is -2.35. The number of methoxy groups -OCH3 is 1. The molecule has 1 N–H and O–H groups in total. The summed E-state index contributed by atoms with van der Waals surface area (Å²) < 4.78 is 5.50. The molecule has 32 heavy (non-hydrogen) atoms. The van der Waals surface area contributed by atoms with Crippen molar-refractivity contribution in [3.05, 3.63) is 53.6 Å². The minimum absolute atomic E-state index is 0.0237. The number of anilines is 2. The van der Waals surface area contributed by atoms with Crippen molar-refractivity contribution in [3.63, 3.8) is 0 Å². The standard InChI is InChI=1S/C26H35N3O3/c1-19(18-30)20-4-6-23(7-5-20)29-11-10-21(26(29)31)16-22-17-24(32-3)8-9-25(22)28-14-12-27(2)13-15-28/h4-9,17,19,21,30H,10-16,18H2,1-3H3. The van der Waals surface area contributed by atoms with Crippen molar-refractivity contribution in [2.45, 2.75) is 25.7 Å². The second kappa shape index (κ2) is 9.92. The Labute approximate surface area is 191 Å². The number of piperazine rings is 1. The summed E-state index contributed by atoms with van der Waals surface area (Å²) in [5.41, 5.74) is 4.46. The third-order valence-electron chi connectivity index (χ3n) is 6.96.